The molecule has 0 saturated carbocycles. The third-order valence-corrected chi connectivity index (χ3v) is 3.41. The molecule has 1 aromatic carbocycles. The Balaban J connectivity index is 2.23. The summed E-state index contributed by atoms with van der Waals surface area (Å²) in [6.07, 6.45) is 3.71. The third kappa shape index (κ3) is 2.43. The molecule has 0 atom stereocenters. The molecule has 0 bridgehead atoms. The molecule has 2 aromatic rings. The number of nitrogens with zero attached hydrogens (tertiary/aromatic N) is 1. The minimum atomic E-state index is 0.721. The maximum Gasteiger partial charge on any atom is 0.189 e. The zero-order valence-electron chi connectivity index (χ0n) is 8.23. The fourth-order valence-corrected chi connectivity index (χ4v) is 2.36. The number of thiazole rings is 1. The Morgan fingerprint density at radius 1 is 1.40 bits per heavy atom. The number of hydrogen-bond donors (Lipinski definition) is 2. The Kier molecular flexibility index (Phi) is 3.13. The SMILES string of the molecule is CSc1ccccc1Nc1ncc(N)s1. The van der Waals surface area contributed by atoms with Crippen LogP contribution in [0.5, 0.6) is 0 Å². The van der Waals surface area contributed by atoms with Gasteiger partial charge in [0.25, 0.3) is 0 Å². The molecule has 0 unspecified atom stereocenters. The van der Waals surface area contributed by atoms with Gasteiger partial charge in [-0.2, -0.15) is 0 Å². The van der Waals surface area contributed by atoms with Crippen LogP contribution in [0.25, 0.3) is 0 Å². The Morgan fingerprint density at radius 3 is 2.87 bits per heavy atom. The number of nitrogens with one attached hydrogen (secondary N) is 1. The molecule has 0 spiro atoms. The summed E-state index contributed by atoms with van der Waals surface area (Å²) in [5.74, 6) is 0. The van der Waals surface area contributed by atoms with E-state index >= 15 is 0 Å². The average molecular weight is 237 g/mol. The monoisotopic (exact) mass is 237 g/mol. The first kappa shape index (κ1) is 10.3. The molecule has 0 saturated heterocycles. The summed E-state index contributed by atoms with van der Waals surface area (Å²) < 4.78 is 0. The second kappa shape index (κ2) is 4.55. The second-order valence-corrected chi connectivity index (χ2v) is 4.80. The van der Waals surface area contributed by atoms with Gasteiger partial charge in [-0.3, -0.25) is 0 Å². The molecular weight excluding hydrogens is 226 g/mol. The van der Waals surface area contributed by atoms with Crippen molar-refractivity contribution in [1.82, 2.24) is 4.98 Å². The molecule has 15 heavy (non-hydrogen) atoms. The van der Waals surface area contributed by atoms with E-state index in [1.54, 1.807) is 18.0 Å². The molecule has 0 fully saturated rings. The van der Waals surface area contributed by atoms with E-state index in [4.69, 9.17) is 5.73 Å². The standard InChI is InChI=1S/C10H11N3S2/c1-14-8-5-3-2-4-7(8)13-10-12-6-9(11)15-10/h2-6H,11H2,1H3,(H,12,13). The molecule has 1 heterocycles. The van der Waals surface area contributed by atoms with E-state index in [0.717, 1.165) is 15.8 Å². The van der Waals surface area contributed by atoms with Crippen LogP contribution in [0.4, 0.5) is 15.8 Å². The van der Waals surface area contributed by atoms with Gasteiger partial charge in [0.2, 0.25) is 0 Å². The van der Waals surface area contributed by atoms with Gasteiger partial charge in [0.15, 0.2) is 5.13 Å². The average Bonchev–Trinajstić information content (AvgIpc) is 2.65. The van der Waals surface area contributed by atoms with Crippen LogP contribution in [0.3, 0.4) is 0 Å². The highest BCUT2D eigenvalue weighted by Gasteiger charge is 2.03. The maximum absolute atomic E-state index is 5.61. The Bertz CT molecular complexity index is 453. The van der Waals surface area contributed by atoms with E-state index in [-0.39, 0.29) is 0 Å². The van der Waals surface area contributed by atoms with Crippen LogP contribution >= 0.6 is 23.1 Å². The molecule has 78 valence electrons. The van der Waals surface area contributed by atoms with E-state index in [2.05, 4.69) is 22.6 Å². The summed E-state index contributed by atoms with van der Waals surface area (Å²) in [5.41, 5.74) is 6.68. The first-order valence-electron chi connectivity index (χ1n) is 4.41. The van der Waals surface area contributed by atoms with Crippen molar-refractivity contribution in [2.75, 3.05) is 17.3 Å². The van der Waals surface area contributed by atoms with Crippen LogP contribution in [-0.4, -0.2) is 11.2 Å². The molecule has 5 heteroatoms. The van der Waals surface area contributed by atoms with Crippen LogP contribution in [-0.2, 0) is 0 Å². The number of nitrogens with two attached hydrogens (primary N) is 1. The summed E-state index contributed by atoms with van der Waals surface area (Å²) >= 11 is 3.15. The highest BCUT2D eigenvalue weighted by atomic mass is 32.2. The highest BCUT2D eigenvalue weighted by Crippen LogP contribution is 2.29. The lowest BCUT2D eigenvalue weighted by molar-refractivity contribution is 1.35. The quantitative estimate of drug-likeness (QED) is 0.805. The van der Waals surface area contributed by atoms with Crippen molar-refractivity contribution in [2.45, 2.75) is 4.90 Å². The highest BCUT2D eigenvalue weighted by molar-refractivity contribution is 7.98. The van der Waals surface area contributed by atoms with E-state index in [9.17, 15) is 0 Å². The topological polar surface area (TPSA) is 50.9 Å². The molecule has 3 nitrogen and oxygen atoms in total. The van der Waals surface area contributed by atoms with Gasteiger partial charge in [-0.1, -0.05) is 23.5 Å². The van der Waals surface area contributed by atoms with Crippen molar-refractivity contribution >= 4 is 38.9 Å². The number of nitrogen functional groups attached to an aromatic ring is 1. The van der Waals surface area contributed by atoms with Gasteiger partial charge in [-0.15, -0.1) is 11.8 Å². The number of anilines is 3. The largest absolute Gasteiger partial charge is 0.389 e. The van der Waals surface area contributed by atoms with Crippen LogP contribution in [0.15, 0.2) is 35.4 Å². The van der Waals surface area contributed by atoms with Crippen LogP contribution in [0, 0.1) is 0 Å². The summed E-state index contributed by atoms with van der Waals surface area (Å²) in [4.78, 5) is 5.36. The van der Waals surface area contributed by atoms with E-state index < -0.39 is 0 Å². The smallest absolute Gasteiger partial charge is 0.189 e. The Labute approximate surface area is 96.7 Å². The van der Waals surface area contributed by atoms with Gasteiger partial charge in [0.1, 0.15) is 5.00 Å². The lowest BCUT2D eigenvalue weighted by Gasteiger charge is -2.06. The summed E-state index contributed by atoms with van der Waals surface area (Å²) in [5, 5.41) is 4.80. The number of aromatic nitrogens is 1. The molecule has 0 aliphatic heterocycles. The van der Waals surface area contributed by atoms with Crippen LogP contribution in [0.1, 0.15) is 0 Å². The van der Waals surface area contributed by atoms with Gasteiger partial charge >= 0.3 is 0 Å². The fraction of sp³-hybridized carbons (Fsp3) is 0.100. The second-order valence-electron chi connectivity index (χ2n) is 2.89. The van der Waals surface area contributed by atoms with Gasteiger partial charge in [-0.25, -0.2) is 4.98 Å². The predicted octanol–water partition coefficient (Wildman–Crippen LogP) is 3.19. The first-order valence-corrected chi connectivity index (χ1v) is 6.45. The lowest BCUT2D eigenvalue weighted by Crippen LogP contribution is -1.90. The maximum atomic E-state index is 5.61. The fourth-order valence-electron chi connectivity index (χ4n) is 1.21. The lowest BCUT2D eigenvalue weighted by atomic mass is 10.3. The van der Waals surface area contributed by atoms with Crippen LogP contribution < -0.4 is 11.1 Å². The normalized spacial score (nSPS) is 10.2. The predicted molar refractivity (Wildman–Crippen MR) is 68.0 cm³/mol. The Morgan fingerprint density at radius 2 is 2.20 bits per heavy atom. The van der Waals surface area contributed by atoms with Gasteiger partial charge in [0, 0.05) is 4.90 Å². The van der Waals surface area contributed by atoms with Crippen molar-refractivity contribution in [3.8, 4) is 0 Å². The minimum absolute atomic E-state index is 0.721. The van der Waals surface area contributed by atoms with Gasteiger partial charge < -0.3 is 11.1 Å². The van der Waals surface area contributed by atoms with Crippen molar-refractivity contribution in [3.63, 3.8) is 0 Å². The van der Waals surface area contributed by atoms with Crippen molar-refractivity contribution in [1.29, 1.82) is 0 Å². The minimum Gasteiger partial charge on any atom is -0.389 e. The number of benzene rings is 1. The number of rotatable bonds is 3. The third-order valence-electron chi connectivity index (χ3n) is 1.87. The molecule has 0 amide bonds. The molecule has 0 aliphatic carbocycles. The number of hydrogen-bond acceptors (Lipinski definition) is 5. The van der Waals surface area contributed by atoms with E-state index in [0.29, 0.717) is 0 Å². The molecule has 0 aliphatic rings. The van der Waals surface area contributed by atoms with E-state index in [1.807, 2.05) is 18.2 Å². The van der Waals surface area contributed by atoms with Crippen molar-refractivity contribution in [3.05, 3.63) is 30.5 Å². The summed E-state index contributed by atoms with van der Waals surface area (Å²) in [6.45, 7) is 0. The van der Waals surface area contributed by atoms with Crippen molar-refractivity contribution < 1.29 is 0 Å². The van der Waals surface area contributed by atoms with Crippen LogP contribution in [0.2, 0.25) is 0 Å². The van der Waals surface area contributed by atoms with Gasteiger partial charge in [-0.05, 0) is 18.4 Å². The van der Waals surface area contributed by atoms with E-state index in [1.165, 1.54) is 16.2 Å². The van der Waals surface area contributed by atoms with Gasteiger partial charge in [0.05, 0.1) is 11.9 Å². The molecule has 2 rings (SSSR count). The Hall–Kier alpha value is -1.20. The van der Waals surface area contributed by atoms with Crippen molar-refractivity contribution in [2.24, 2.45) is 0 Å². The summed E-state index contributed by atoms with van der Waals surface area (Å²) in [7, 11) is 0. The molecule has 3 N–H and O–H groups in total. The summed E-state index contributed by atoms with van der Waals surface area (Å²) in [6, 6.07) is 8.12. The first-order chi connectivity index (χ1) is 7.29. The number of para-hydroxylation sites is 1. The zero-order valence-corrected chi connectivity index (χ0v) is 9.86. The number of thioether (sulfide) groups is 1. The molecule has 1 aromatic heterocycles. The molecule has 0 radical (unpaired) electrons. The molecular formula is C10H11N3S2. The zero-order chi connectivity index (χ0) is 10.7.